The van der Waals surface area contributed by atoms with Crippen molar-refractivity contribution in [1.29, 1.82) is 0 Å². The molecule has 0 radical (unpaired) electrons. The van der Waals surface area contributed by atoms with E-state index < -0.39 is 37.2 Å². The number of carbonyl (C=O) groups excluding carboxylic acids is 2. The van der Waals surface area contributed by atoms with Crippen molar-refractivity contribution >= 4 is 12.4 Å². The second-order valence-electron chi connectivity index (χ2n) is 2.61. The van der Waals surface area contributed by atoms with Gasteiger partial charge in [0.05, 0.1) is 6.61 Å². The first-order valence-corrected chi connectivity index (χ1v) is 3.94. The molecule has 0 aliphatic heterocycles. The number of hydrogen-bond acceptors (Lipinski definition) is 9. The molecule has 0 amide bonds. The van der Waals surface area contributed by atoms with Crippen molar-refractivity contribution in [2.75, 3.05) is 6.61 Å². The van der Waals surface area contributed by atoms with E-state index in [1.165, 1.54) is 0 Å². The van der Waals surface area contributed by atoms with Crippen LogP contribution in [0.2, 0.25) is 0 Å². The largest absolute Gasteiger partial charge is 1.00 e. The van der Waals surface area contributed by atoms with Crippen LogP contribution in [0.15, 0.2) is 0 Å². The first-order chi connectivity index (χ1) is 7.27. The summed E-state index contributed by atoms with van der Waals surface area (Å²) in [5, 5.41) is 60.2. The average molecular weight is 286 g/mol. The summed E-state index contributed by atoms with van der Waals surface area (Å²) in [4.78, 5) is 18.2. The van der Waals surface area contributed by atoms with Crippen molar-refractivity contribution in [2.45, 2.75) is 24.4 Å². The van der Waals surface area contributed by atoms with Crippen LogP contribution >= 0.6 is 0 Å². The molecular formula is C7H12Na2O9. The monoisotopic (exact) mass is 286 g/mol. The Morgan fingerprint density at radius 3 is 1.61 bits per heavy atom. The minimum Gasteiger partial charge on any atom is -0.652 e. The fourth-order valence-electron chi connectivity index (χ4n) is 0.618. The zero-order valence-electron chi connectivity index (χ0n) is 9.96. The summed E-state index contributed by atoms with van der Waals surface area (Å²) >= 11 is 0. The van der Waals surface area contributed by atoms with E-state index in [0.29, 0.717) is 0 Å². The molecule has 0 bridgehead atoms. The zero-order chi connectivity index (χ0) is 13.3. The van der Waals surface area contributed by atoms with Crippen molar-refractivity contribution in [2.24, 2.45) is 0 Å². The maximum atomic E-state index is 9.90. The molecule has 0 unspecified atom stereocenters. The van der Waals surface area contributed by atoms with Gasteiger partial charge in [0.1, 0.15) is 24.4 Å². The molecule has 0 aliphatic rings. The third kappa shape index (κ3) is 14.8. The van der Waals surface area contributed by atoms with Gasteiger partial charge in [-0.15, -0.1) is 0 Å². The molecule has 18 heavy (non-hydrogen) atoms. The van der Waals surface area contributed by atoms with E-state index in [1.807, 2.05) is 0 Å². The second-order valence-corrected chi connectivity index (χ2v) is 2.61. The third-order valence-electron chi connectivity index (χ3n) is 1.42. The Balaban J connectivity index is -0.000000143. The van der Waals surface area contributed by atoms with E-state index >= 15 is 0 Å². The Hall–Kier alpha value is 0.740. The first-order valence-electron chi connectivity index (χ1n) is 3.94. The van der Waals surface area contributed by atoms with Gasteiger partial charge in [-0.2, -0.15) is 0 Å². The van der Waals surface area contributed by atoms with Crippen LogP contribution in [-0.2, 0) is 4.79 Å². The fourth-order valence-corrected chi connectivity index (χ4v) is 0.618. The van der Waals surface area contributed by atoms with Crippen LogP contribution in [0, 0.1) is 0 Å². The Kier molecular flexibility index (Phi) is 23.8. The van der Waals surface area contributed by atoms with E-state index in [0.717, 1.165) is 0 Å². The molecule has 0 aromatic carbocycles. The number of aliphatic hydroxyl groups is 5. The molecule has 0 spiro atoms. The third-order valence-corrected chi connectivity index (χ3v) is 1.42. The molecule has 0 heterocycles. The van der Waals surface area contributed by atoms with Gasteiger partial charge in [0, 0.05) is 0 Å². The van der Waals surface area contributed by atoms with Gasteiger partial charge in [0.15, 0.2) is 6.29 Å². The zero-order valence-corrected chi connectivity index (χ0v) is 14.0. The molecule has 11 heteroatoms. The molecule has 4 atom stereocenters. The summed E-state index contributed by atoms with van der Waals surface area (Å²) in [6.07, 6.45) is -9.17. The number of carbonyl (C=O) groups is 2. The standard InChI is InChI=1S/C6H12O6.CH2O3.2Na/c7-1-3(9)5(11)6(12)4(10)2-8;2-1(3)4;;/h1,3-6,8-12H,2H2;(H2,2,3,4);;/q;;2*+1/p-2/t3-,4+,5+,6+;;;/m0.../s1. The molecular weight excluding hydrogens is 274 g/mol. The minimum atomic E-state index is -2.33. The molecule has 0 saturated carbocycles. The predicted molar refractivity (Wildman–Crippen MR) is 42.6 cm³/mol. The molecule has 9 nitrogen and oxygen atoms in total. The van der Waals surface area contributed by atoms with E-state index in [9.17, 15) is 4.79 Å². The van der Waals surface area contributed by atoms with Crippen LogP contribution in [0.5, 0.6) is 0 Å². The molecule has 0 aromatic rings. The normalized spacial score (nSPS) is 15.4. The van der Waals surface area contributed by atoms with E-state index in [1.54, 1.807) is 0 Å². The van der Waals surface area contributed by atoms with Gasteiger partial charge in [-0.1, -0.05) is 0 Å². The number of aliphatic hydroxyl groups excluding tert-OH is 5. The Morgan fingerprint density at radius 1 is 1.06 bits per heavy atom. The molecule has 0 rings (SSSR count). The van der Waals surface area contributed by atoms with Gasteiger partial charge < -0.3 is 45.3 Å². The summed E-state index contributed by atoms with van der Waals surface area (Å²) in [6.45, 7) is -0.760. The number of aldehydes is 1. The molecule has 0 aliphatic carbocycles. The van der Waals surface area contributed by atoms with Gasteiger partial charge in [-0.25, -0.2) is 0 Å². The minimum absolute atomic E-state index is 0. The number of rotatable bonds is 5. The molecule has 0 saturated heterocycles. The summed E-state index contributed by atoms with van der Waals surface area (Å²) in [6, 6.07) is 0. The predicted octanol–water partition coefficient (Wildman–Crippen LogP) is -11.8. The topological polar surface area (TPSA) is 181 Å². The Labute approximate surface area is 147 Å². The van der Waals surface area contributed by atoms with Crippen LogP contribution in [-0.4, -0.2) is 69.0 Å². The van der Waals surface area contributed by atoms with Gasteiger partial charge in [0.25, 0.3) is 0 Å². The van der Waals surface area contributed by atoms with Crippen molar-refractivity contribution in [3.63, 3.8) is 0 Å². The summed E-state index contributed by atoms with van der Waals surface area (Å²) in [5.41, 5.74) is 0. The number of hydrogen-bond donors (Lipinski definition) is 5. The van der Waals surface area contributed by atoms with Gasteiger partial charge >= 0.3 is 59.1 Å². The van der Waals surface area contributed by atoms with Crippen molar-refractivity contribution in [3.8, 4) is 0 Å². The second kappa shape index (κ2) is 15.8. The van der Waals surface area contributed by atoms with Crippen molar-refractivity contribution in [3.05, 3.63) is 0 Å². The van der Waals surface area contributed by atoms with E-state index in [4.69, 9.17) is 40.5 Å². The first kappa shape index (κ1) is 27.1. The smallest absolute Gasteiger partial charge is 0.652 e. The quantitative estimate of drug-likeness (QED) is 0.242. The maximum absolute atomic E-state index is 9.90. The van der Waals surface area contributed by atoms with Gasteiger partial charge in [0.2, 0.25) is 0 Å². The average Bonchev–Trinajstić information content (AvgIpc) is 2.24. The maximum Gasteiger partial charge on any atom is 1.00 e. The molecule has 0 aromatic heterocycles. The Bertz CT molecular complexity index is 211. The van der Waals surface area contributed by atoms with Gasteiger partial charge in [-0.05, 0) is 6.16 Å². The van der Waals surface area contributed by atoms with Gasteiger partial charge in [-0.3, -0.25) is 0 Å². The summed E-state index contributed by atoms with van der Waals surface area (Å²) in [7, 11) is 0. The molecule has 96 valence electrons. The number of carboxylic acid groups (broad SMARTS) is 2. The SMILES string of the molecule is O=C([O-])[O-].O=C[C@H](O)[C@@H](O)[C@H](O)[C@H](O)CO.[Na+].[Na+]. The van der Waals surface area contributed by atoms with E-state index in [-0.39, 0.29) is 65.4 Å². The van der Waals surface area contributed by atoms with E-state index in [2.05, 4.69) is 0 Å². The van der Waals surface area contributed by atoms with Crippen LogP contribution < -0.4 is 69.3 Å². The Morgan fingerprint density at radius 2 is 1.39 bits per heavy atom. The van der Waals surface area contributed by atoms with Crippen molar-refractivity contribution < 1.29 is 104 Å². The summed E-state index contributed by atoms with van der Waals surface area (Å²) < 4.78 is 0. The van der Waals surface area contributed by atoms with Crippen molar-refractivity contribution in [1.82, 2.24) is 0 Å². The molecule has 0 fully saturated rings. The summed E-state index contributed by atoms with van der Waals surface area (Å²) in [5.74, 6) is 0. The van der Waals surface area contributed by atoms with Crippen LogP contribution in [0.25, 0.3) is 0 Å². The molecule has 5 N–H and O–H groups in total. The van der Waals surface area contributed by atoms with Crippen LogP contribution in [0.3, 0.4) is 0 Å². The fraction of sp³-hybridized carbons (Fsp3) is 0.714. The van der Waals surface area contributed by atoms with Crippen LogP contribution in [0.1, 0.15) is 0 Å². The van der Waals surface area contributed by atoms with Crippen LogP contribution in [0.4, 0.5) is 4.79 Å².